The number of nitriles is 1. The largest absolute Gasteiger partial charge is 0.398 e. The van der Waals surface area contributed by atoms with Crippen LogP contribution in [0.25, 0.3) is 0 Å². The van der Waals surface area contributed by atoms with Crippen LogP contribution >= 0.6 is 0 Å². The fraction of sp³-hybridized carbons (Fsp3) is 0.0769. The highest BCUT2D eigenvalue weighted by molar-refractivity contribution is 5.38. The molecule has 0 aliphatic carbocycles. The summed E-state index contributed by atoms with van der Waals surface area (Å²) >= 11 is 0. The van der Waals surface area contributed by atoms with Crippen molar-refractivity contribution in [2.24, 2.45) is 0 Å². The van der Waals surface area contributed by atoms with Gasteiger partial charge in [0.1, 0.15) is 0 Å². The van der Waals surface area contributed by atoms with E-state index in [0.717, 1.165) is 5.56 Å². The Hall–Kier alpha value is -2.54. The molecule has 1 heterocycles. The molecule has 2 N–H and O–H groups in total. The molecule has 0 unspecified atom stereocenters. The van der Waals surface area contributed by atoms with Gasteiger partial charge in [-0.2, -0.15) is 5.26 Å². The highest BCUT2D eigenvalue weighted by atomic mass is 16.1. The van der Waals surface area contributed by atoms with Gasteiger partial charge in [0.25, 0.3) is 5.56 Å². The van der Waals surface area contributed by atoms with Gasteiger partial charge in [0.2, 0.25) is 0 Å². The van der Waals surface area contributed by atoms with Gasteiger partial charge in [0.05, 0.1) is 18.2 Å². The molecule has 4 heteroatoms. The van der Waals surface area contributed by atoms with Crippen molar-refractivity contribution in [3.63, 3.8) is 0 Å². The minimum Gasteiger partial charge on any atom is -0.398 e. The lowest BCUT2D eigenvalue weighted by Crippen LogP contribution is -2.19. The van der Waals surface area contributed by atoms with Crippen LogP contribution < -0.4 is 11.3 Å². The Bertz CT molecular complexity index is 638. The molecule has 4 nitrogen and oxygen atoms in total. The number of anilines is 1. The number of nitrogens with zero attached hydrogens (tertiary/aromatic N) is 2. The lowest BCUT2D eigenvalue weighted by molar-refractivity contribution is 0.760. The zero-order valence-electron chi connectivity index (χ0n) is 9.13. The number of aromatic nitrogens is 1. The fourth-order valence-electron chi connectivity index (χ4n) is 1.62. The average Bonchev–Trinajstić information content (AvgIpc) is 2.34. The molecule has 84 valence electrons. The van der Waals surface area contributed by atoms with Gasteiger partial charge in [0.15, 0.2) is 0 Å². The molecule has 0 bridgehead atoms. The Kier molecular flexibility index (Phi) is 2.93. The third-order valence-corrected chi connectivity index (χ3v) is 2.48. The normalized spacial score (nSPS) is 9.82. The van der Waals surface area contributed by atoms with Gasteiger partial charge in [0, 0.05) is 18.0 Å². The van der Waals surface area contributed by atoms with E-state index in [4.69, 9.17) is 11.0 Å². The van der Waals surface area contributed by atoms with Gasteiger partial charge in [-0.05, 0) is 17.7 Å². The number of rotatable bonds is 2. The summed E-state index contributed by atoms with van der Waals surface area (Å²) in [5.74, 6) is 0. The van der Waals surface area contributed by atoms with Crippen molar-refractivity contribution in [2.75, 3.05) is 5.73 Å². The van der Waals surface area contributed by atoms with E-state index in [9.17, 15) is 4.79 Å². The number of nitrogens with two attached hydrogens (primary N) is 1. The second-order valence-corrected chi connectivity index (χ2v) is 3.70. The zero-order valence-corrected chi connectivity index (χ0v) is 9.13. The molecule has 2 aromatic rings. The molecule has 17 heavy (non-hydrogen) atoms. The standard InChI is InChI=1S/C13H11N3O/c14-7-10-3-1-2-4-11(10)8-16-9-12(15)5-6-13(16)17/h1-6,9H,8,15H2. The van der Waals surface area contributed by atoms with Crippen LogP contribution in [0.15, 0.2) is 47.4 Å². The molecular formula is C13H11N3O. The Labute approximate surface area is 98.5 Å². The first kappa shape index (κ1) is 11.0. The topological polar surface area (TPSA) is 71.8 Å². The maximum atomic E-state index is 11.6. The molecule has 0 saturated heterocycles. The van der Waals surface area contributed by atoms with Crippen LogP contribution in [0.2, 0.25) is 0 Å². The van der Waals surface area contributed by atoms with Gasteiger partial charge in [-0.1, -0.05) is 18.2 Å². The molecule has 0 aliphatic rings. The molecule has 0 aliphatic heterocycles. The summed E-state index contributed by atoms with van der Waals surface area (Å²) in [6.07, 6.45) is 1.58. The maximum Gasteiger partial charge on any atom is 0.250 e. The van der Waals surface area contributed by atoms with Crippen molar-refractivity contribution in [1.29, 1.82) is 5.26 Å². The van der Waals surface area contributed by atoms with Crippen LogP contribution in [0, 0.1) is 11.3 Å². The van der Waals surface area contributed by atoms with E-state index in [0.29, 0.717) is 17.8 Å². The van der Waals surface area contributed by atoms with E-state index in [2.05, 4.69) is 6.07 Å². The lowest BCUT2D eigenvalue weighted by Gasteiger charge is -2.07. The Morgan fingerprint density at radius 1 is 1.24 bits per heavy atom. The smallest absolute Gasteiger partial charge is 0.250 e. The van der Waals surface area contributed by atoms with E-state index in [1.54, 1.807) is 24.4 Å². The number of hydrogen-bond donors (Lipinski definition) is 1. The van der Waals surface area contributed by atoms with Crippen LogP contribution in [0.1, 0.15) is 11.1 Å². The summed E-state index contributed by atoms with van der Waals surface area (Å²) < 4.78 is 1.49. The SMILES string of the molecule is N#Cc1ccccc1Cn1cc(N)ccc1=O. The van der Waals surface area contributed by atoms with Crippen molar-refractivity contribution in [3.8, 4) is 6.07 Å². The highest BCUT2D eigenvalue weighted by Gasteiger charge is 2.03. The number of pyridine rings is 1. The minimum absolute atomic E-state index is 0.132. The van der Waals surface area contributed by atoms with Crippen molar-refractivity contribution < 1.29 is 0 Å². The number of nitrogen functional groups attached to an aromatic ring is 1. The van der Waals surface area contributed by atoms with Crippen molar-refractivity contribution >= 4 is 5.69 Å². The average molecular weight is 225 g/mol. The zero-order chi connectivity index (χ0) is 12.3. The summed E-state index contributed by atoms with van der Waals surface area (Å²) in [7, 11) is 0. The van der Waals surface area contributed by atoms with Gasteiger partial charge >= 0.3 is 0 Å². The minimum atomic E-state index is -0.132. The Morgan fingerprint density at radius 2 is 2.00 bits per heavy atom. The van der Waals surface area contributed by atoms with Crippen LogP contribution in [0.4, 0.5) is 5.69 Å². The molecule has 0 saturated carbocycles. The second kappa shape index (κ2) is 4.54. The summed E-state index contributed by atoms with van der Waals surface area (Å²) in [5, 5.41) is 8.96. The molecule has 0 atom stereocenters. The van der Waals surface area contributed by atoms with Crippen molar-refractivity contribution in [3.05, 3.63) is 64.1 Å². The molecule has 1 aromatic carbocycles. The van der Waals surface area contributed by atoms with Crippen molar-refractivity contribution in [2.45, 2.75) is 6.54 Å². The van der Waals surface area contributed by atoms with Crippen LogP contribution in [-0.4, -0.2) is 4.57 Å². The predicted octanol–water partition coefficient (Wildman–Crippen LogP) is 1.35. The molecule has 0 fully saturated rings. The first-order valence-electron chi connectivity index (χ1n) is 5.14. The maximum absolute atomic E-state index is 11.6. The van der Waals surface area contributed by atoms with Gasteiger partial charge in [-0.3, -0.25) is 4.79 Å². The monoisotopic (exact) mass is 225 g/mol. The molecular weight excluding hydrogens is 214 g/mol. The summed E-state index contributed by atoms with van der Waals surface area (Å²) in [6, 6.07) is 12.3. The number of hydrogen-bond acceptors (Lipinski definition) is 3. The van der Waals surface area contributed by atoms with Crippen molar-refractivity contribution in [1.82, 2.24) is 4.57 Å². The lowest BCUT2D eigenvalue weighted by atomic mass is 10.1. The third kappa shape index (κ3) is 2.34. The van der Waals surface area contributed by atoms with Gasteiger partial charge in [-0.25, -0.2) is 0 Å². The summed E-state index contributed by atoms with van der Waals surface area (Å²) in [5.41, 5.74) is 7.40. The third-order valence-electron chi connectivity index (χ3n) is 2.48. The van der Waals surface area contributed by atoms with Crippen LogP contribution in [0.3, 0.4) is 0 Å². The van der Waals surface area contributed by atoms with Crippen LogP contribution in [0.5, 0.6) is 0 Å². The van der Waals surface area contributed by atoms with E-state index in [-0.39, 0.29) is 5.56 Å². The Balaban J connectivity index is 2.42. The quantitative estimate of drug-likeness (QED) is 0.838. The Morgan fingerprint density at radius 3 is 2.76 bits per heavy atom. The van der Waals surface area contributed by atoms with E-state index in [1.807, 2.05) is 12.1 Å². The summed E-state index contributed by atoms with van der Waals surface area (Å²) in [6.45, 7) is 0.355. The molecule has 2 rings (SSSR count). The summed E-state index contributed by atoms with van der Waals surface area (Å²) in [4.78, 5) is 11.6. The first-order valence-corrected chi connectivity index (χ1v) is 5.14. The van der Waals surface area contributed by atoms with Gasteiger partial charge in [-0.15, -0.1) is 0 Å². The van der Waals surface area contributed by atoms with E-state index < -0.39 is 0 Å². The van der Waals surface area contributed by atoms with E-state index >= 15 is 0 Å². The van der Waals surface area contributed by atoms with E-state index in [1.165, 1.54) is 10.6 Å². The molecule has 0 spiro atoms. The predicted molar refractivity (Wildman–Crippen MR) is 65.4 cm³/mol. The highest BCUT2D eigenvalue weighted by Crippen LogP contribution is 2.09. The second-order valence-electron chi connectivity index (χ2n) is 3.70. The fourth-order valence-corrected chi connectivity index (χ4v) is 1.62. The number of benzene rings is 1. The van der Waals surface area contributed by atoms with Gasteiger partial charge < -0.3 is 10.3 Å². The molecule has 1 aromatic heterocycles. The van der Waals surface area contributed by atoms with Crippen LogP contribution in [-0.2, 0) is 6.54 Å². The molecule has 0 radical (unpaired) electrons. The first-order chi connectivity index (χ1) is 8.20. The molecule has 0 amide bonds.